The van der Waals surface area contributed by atoms with Crippen LogP contribution in [-0.2, 0) is 6.42 Å². The van der Waals surface area contributed by atoms with Gasteiger partial charge in [-0.3, -0.25) is 5.10 Å². The van der Waals surface area contributed by atoms with Crippen molar-refractivity contribution in [2.45, 2.75) is 26.2 Å². The van der Waals surface area contributed by atoms with Crippen molar-refractivity contribution in [2.24, 2.45) is 0 Å². The van der Waals surface area contributed by atoms with Crippen molar-refractivity contribution in [3.63, 3.8) is 0 Å². The molecule has 7 nitrogen and oxygen atoms in total. The Labute approximate surface area is 141 Å². The minimum Gasteiger partial charge on any atom is -0.370 e. The van der Waals surface area contributed by atoms with Crippen LogP contribution in [0.15, 0.2) is 18.3 Å². The Morgan fingerprint density at radius 3 is 3.00 bits per heavy atom. The van der Waals surface area contributed by atoms with Gasteiger partial charge in [0.25, 0.3) is 0 Å². The average Bonchev–Trinajstić information content (AvgIpc) is 3.04. The van der Waals surface area contributed by atoms with Crippen molar-refractivity contribution >= 4 is 23.1 Å². The number of nitrogens with zero attached hydrogens (tertiary/aromatic N) is 3. The third kappa shape index (κ3) is 5.48. The summed E-state index contributed by atoms with van der Waals surface area (Å²) in [6, 6.07) is 3.87. The van der Waals surface area contributed by atoms with E-state index in [0.29, 0.717) is 10.9 Å². The molecule has 0 radical (unpaired) electrons. The summed E-state index contributed by atoms with van der Waals surface area (Å²) in [5, 5.41) is 17.2. The molecule has 0 amide bonds. The number of hydrogen-bond donors (Lipinski definition) is 4. The van der Waals surface area contributed by atoms with Gasteiger partial charge in [-0.05, 0) is 44.1 Å². The summed E-state index contributed by atoms with van der Waals surface area (Å²) < 4.78 is 0. The summed E-state index contributed by atoms with van der Waals surface area (Å²) in [4.78, 5) is 8.80. The Hall–Kier alpha value is -2.22. The van der Waals surface area contributed by atoms with Gasteiger partial charge in [-0.2, -0.15) is 5.10 Å². The summed E-state index contributed by atoms with van der Waals surface area (Å²) in [6.45, 7) is 3.73. The molecule has 0 bridgehead atoms. The Bertz CT molecular complexity index is 626. The van der Waals surface area contributed by atoms with Crippen LogP contribution in [0.4, 0.5) is 5.82 Å². The Kier molecular flexibility index (Phi) is 6.74. The zero-order valence-electron chi connectivity index (χ0n) is 13.5. The normalized spacial score (nSPS) is 10.3. The number of hydrogen-bond acceptors (Lipinski definition) is 5. The zero-order chi connectivity index (χ0) is 16.5. The largest absolute Gasteiger partial charge is 0.370 e. The van der Waals surface area contributed by atoms with E-state index in [0.717, 1.165) is 49.6 Å². The number of aryl methyl sites for hydroxylation is 1. The lowest BCUT2D eigenvalue weighted by atomic mass is 10.2. The van der Waals surface area contributed by atoms with E-state index >= 15 is 0 Å². The highest BCUT2D eigenvalue weighted by atomic mass is 32.1. The lowest BCUT2D eigenvalue weighted by molar-refractivity contribution is 0.688. The molecule has 0 aliphatic rings. The van der Waals surface area contributed by atoms with Crippen LogP contribution < -0.4 is 16.0 Å². The summed E-state index contributed by atoms with van der Waals surface area (Å²) in [5.74, 6) is 2.44. The van der Waals surface area contributed by atoms with Crippen molar-refractivity contribution < 1.29 is 0 Å². The second-order valence-electron chi connectivity index (χ2n) is 5.03. The van der Waals surface area contributed by atoms with Crippen LogP contribution in [-0.4, -0.2) is 45.4 Å². The van der Waals surface area contributed by atoms with Crippen LogP contribution in [0.3, 0.4) is 0 Å². The number of unbranched alkanes of at least 4 members (excludes halogenated alkanes) is 1. The molecule has 0 spiro atoms. The Morgan fingerprint density at radius 2 is 2.22 bits per heavy atom. The first kappa shape index (κ1) is 17.1. The van der Waals surface area contributed by atoms with E-state index in [9.17, 15) is 0 Å². The highest BCUT2D eigenvalue weighted by Crippen LogP contribution is 2.17. The van der Waals surface area contributed by atoms with E-state index in [1.54, 1.807) is 6.20 Å². The molecule has 2 heterocycles. The maximum Gasteiger partial charge on any atom is 0.181 e. The van der Waals surface area contributed by atoms with E-state index in [-0.39, 0.29) is 0 Å². The van der Waals surface area contributed by atoms with Gasteiger partial charge >= 0.3 is 0 Å². The lowest BCUT2D eigenvalue weighted by Gasteiger charge is -2.05. The molecule has 0 saturated carbocycles. The van der Waals surface area contributed by atoms with E-state index in [1.165, 1.54) is 0 Å². The third-order valence-electron chi connectivity index (χ3n) is 3.26. The fourth-order valence-corrected chi connectivity index (χ4v) is 2.19. The molecular formula is C15H23N7S. The molecule has 8 heteroatoms. The lowest BCUT2D eigenvalue weighted by Crippen LogP contribution is -2.32. The van der Waals surface area contributed by atoms with Gasteiger partial charge < -0.3 is 16.0 Å². The number of rotatable bonds is 8. The molecule has 0 atom stereocenters. The molecule has 0 aliphatic heterocycles. The second kappa shape index (κ2) is 9.04. The number of H-pyrrole nitrogens is 1. The van der Waals surface area contributed by atoms with E-state index in [4.69, 9.17) is 12.2 Å². The van der Waals surface area contributed by atoms with Crippen LogP contribution in [0.5, 0.6) is 0 Å². The molecule has 2 aromatic rings. The van der Waals surface area contributed by atoms with Crippen LogP contribution in [0.2, 0.25) is 0 Å². The smallest absolute Gasteiger partial charge is 0.181 e. The van der Waals surface area contributed by atoms with E-state index in [2.05, 4.69) is 36.1 Å². The van der Waals surface area contributed by atoms with Crippen LogP contribution in [0, 0.1) is 0 Å². The predicted octanol–water partition coefficient (Wildman–Crippen LogP) is 1.72. The quantitative estimate of drug-likeness (QED) is 0.432. The monoisotopic (exact) mass is 333 g/mol. The summed E-state index contributed by atoms with van der Waals surface area (Å²) in [6.07, 6.45) is 4.68. The van der Waals surface area contributed by atoms with Crippen molar-refractivity contribution in [3.05, 3.63) is 24.2 Å². The van der Waals surface area contributed by atoms with Crippen LogP contribution >= 0.6 is 12.2 Å². The van der Waals surface area contributed by atoms with Crippen molar-refractivity contribution in [1.82, 2.24) is 30.8 Å². The number of aromatic nitrogens is 4. The molecule has 2 aromatic heterocycles. The Morgan fingerprint density at radius 1 is 1.35 bits per heavy atom. The number of pyridine rings is 1. The number of nitrogens with one attached hydrogen (secondary N) is 4. The van der Waals surface area contributed by atoms with Gasteiger partial charge in [0, 0.05) is 38.3 Å². The van der Waals surface area contributed by atoms with Gasteiger partial charge in [-0.1, -0.05) is 0 Å². The summed E-state index contributed by atoms with van der Waals surface area (Å²) in [7, 11) is 1.81. The minimum atomic E-state index is 0.682. The maximum atomic E-state index is 5.02. The number of anilines is 1. The molecule has 2 rings (SSSR count). The molecule has 0 aliphatic carbocycles. The van der Waals surface area contributed by atoms with Crippen LogP contribution in [0.25, 0.3) is 11.4 Å². The summed E-state index contributed by atoms with van der Waals surface area (Å²) >= 11 is 5.02. The van der Waals surface area contributed by atoms with E-state index in [1.807, 2.05) is 26.1 Å². The van der Waals surface area contributed by atoms with Crippen LogP contribution in [0.1, 0.15) is 25.6 Å². The fourth-order valence-electron chi connectivity index (χ4n) is 2.09. The molecule has 0 aromatic carbocycles. The van der Waals surface area contributed by atoms with Crippen molar-refractivity contribution in [1.29, 1.82) is 0 Å². The first-order valence-corrected chi connectivity index (χ1v) is 8.21. The number of aromatic amines is 1. The Balaban J connectivity index is 1.83. The first-order chi connectivity index (χ1) is 11.2. The van der Waals surface area contributed by atoms with Gasteiger partial charge in [0.2, 0.25) is 0 Å². The highest BCUT2D eigenvalue weighted by molar-refractivity contribution is 7.80. The molecular weight excluding hydrogens is 310 g/mol. The summed E-state index contributed by atoms with van der Waals surface area (Å²) in [5.41, 5.74) is 0.958. The molecule has 0 saturated heterocycles. The molecule has 124 valence electrons. The average molecular weight is 333 g/mol. The number of thiocarbonyl (C=S) groups is 1. The predicted molar refractivity (Wildman–Crippen MR) is 96.4 cm³/mol. The molecule has 4 N–H and O–H groups in total. The topological polar surface area (TPSA) is 90.5 Å². The van der Waals surface area contributed by atoms with Gasteiger partial charge in [0.1, 0.15) is 11.6 Å². The van der Waals surface area contributed by atoms with E-state index < -0.39 is 0 Å². The first-order valence-electron chi connectivity index (χ1n) is 7.80. The SMILES string of the molecule is CCNc1cc(-c2n[nH]c(CCCCNC(=S)NC)n2)ccn1. The van der Waals surface area contributed by atoms with Gasteiger partial charge in [-0.15, -0.1) is 0 Å². The highest BCUT2D eigenvalue weighted by Gasteiger charge is 2.07. The van der Waals surface area contributed by atoms with Gasteiger partial charge in [0.15, 0.2) is 10.9 Å². The molecule has 23 heavy (non-hydrogen) atoms. The molecule has 0 fully saturated rings. The zero-order valence-corrected chi connectivity index (χ0v) is 14.3. The third-order valence-corrected chi connectivity index (χ3v) is 3.61. The second-order valence-corrected chi connectivity index (χ2v) is 5.44. The maximum absolute atomic E-state index is 5.02. The van der Waals surface area contributed by atoms with Crippen molar-refractivity contribution in [2.75, 3.05) is 25.5 Å². The van der Waals surface area contributed by atoms with Gasteiger partial charge in [-0.25, -0.2) is 9.97 Å². The van der Waals surface area contributed by atoms with Gasteiger partial charge in [0.05, 0.1) is 0 Å². The molecule has 0 unspecified atom stereocenters. The standard InChI is InChI=1S/C15H23N7S/c1-3-17-13-10-11(7-9-18-13)14-20-12(21-22-14)6-4-5-8-19-15(23)16-2/h7,9-10H,3-6,8H2,1-2H3,(H,17,18)(H2,16,19,23)(H,20,21,22). The van der Waals surface area contributed by atoms with Crippen molar-refractivity contribution in [3.8, 4) is 11.4 Å². The fraction of sp³-hybridized carbons (Fsp3) is 0.467. The minimum absolute atomic E-state index is 0.682.